The molecule has 1 saturated carbocycles. The molecule has 1 fully saturated rings. The van der Waals surface area contributed by atoms with E-state index in [-0.39, 0.29) is 0 Å². The molecule has 0 spiro atoms. The predicted molar refractivity (Wildman–Crippen MR) is 98.2 cm³/mol. The normalized spacial score (nSPS) is 21.7. The molecule has 0 heterocycles. The third kappa shape index (κ3) is 5.81. The van der Waals surface area contributed by atoms with Gasteiger partial charge < -0.3 is 5.11 Å². The largest absolute Gasteiger partial charge is 0.396 e. The first-order chi connectivity index (χ1) is 11.2. The molecule has 1 aromatic carbocycles. The van der Waals surface area contributed by atoms with Gasteiger partial charge in [-0.3, -0.25) is 4.90 Å². The molecule has 1 N–H and O–H groups in total. The predicted octanol–water partition coefficient (Wildman–Crippen LogP) is 4.34. The summed E-state index contributed by atoms with van der Waals surface area (Å²) >= 11 is 0. The van der Waals surface area contributed by atoms with Gasteiger partial charge in [-0.2, -0.15) is 0 Å². The molecule has 2 unspecified atom stereocenters. The molecule has 23 heavy (non-hydrogen) atoms. The fourth-order valence-electron chi connectivity index (χ4n) is 3.41. The van der Waals surface area contributed by atoms with Crippen LogP contribution in [0.15, 0.2) is 67.3 Å². The van der Waals surface area contributed by atoms with Crippen LogP contribution in [0.4, 0.5) is 0 Å². The Balaban J connectivity index is 2.08. The Morgan fingerprint density at radius 2 is 2.04 bits per heavy atom. The second-order valence-corrected chi connectivity index (χ2v) is 6.51. The summed E-state index contributed by atoms with van der Waals surface area (Å²) in [6.07, 6.45) is 10.4. The Morgan fingerprint density at radius 1 is 1.26 bits per heavy atom. The summed E-state index contributed by atoms with van der Waals surface area (Å²) in [5.74, 6) is 0.448. The van der Waals surface area contributed by atoms with E-state index in [4.69, 9.17) is 0 Å². The first-order valence-electron chi connectivity index (χ1n) is 8.58. The molecule has 2 atom stereocenters. The van der Waals surface area contributed by atoms with Crippen molar-refractivity contribution >= 4 is 0 Å². The van der Waals surface area contributed by atoms with Crippen LogP contribution >= 0.6 is 0 Å². The van der Waals surface area contributed by atoms with E-state index in [1.165, 1.54) is 18.4 Å². The first kappa shape index (κ1) is 17.7. The van der Waals surface area contributed by atoms with E-state index in [1.807, 2.05) is 12.2 Å². The van der Waals surface area contributed by atoms with Crippen LogP contribution in [0, 0.1) is 5.92 Å². The average molecular weight is 311 g/mol. The standard InChI is InChI=1S/C21H29NO/c1-3-4-9-18(2)15-22(16-19-10-6-5-7-11-19)21-13-8-12-20(14-21)17-23/h3-7,9-11,20-21,23H,1-2,8,12-17H2/b9-4-. The van der Waals surface area contributed by atoms with E-state index in [0.29, 0.717) is 18.6 Å². The van der Waals surface area contributed by atoms with Gasteiger partial charge >= 0.3 is 0 Å². The lowest BCUT2D eigenvalue weighted by atomic mass is 9.85. The molecule has 0 saturated heterocycles. The highest BCUT2D eigenvalue weighted by atomic mass is 16.3. The van der Waals surface area contributed by atoms with Gasteiger partial charge in [0.1, 0.15) is 0 Å². The second kappa shape index (κ2) is 9.49. The smallest absolute Gasteiger partial charge is 0.0459 e. The van der Waals surface area contributed by atoms with E-state index < -0.39 is 0 Å². The number of aliphatic hydroxyl groups is 1. The lowest BCUT2D eigenvalue weighted by molar-refractivity contribution is 0.102. The molecule has 1 aliphatic carbocycles. The van der Waals surface area contributed by atoms with Crippen LogP contribution in [-0.4, -0.2) is 29.2 Å². The summed E-state index contributed by atoms with van der Waals surface area (Å²) in [5, 5.41) is 9.52. The van der Waals surface area contributed by atoms with Crippen molar-refractivity contribution < 1.29 is 5.11 Å². The Morgan fingerprint density at radius 3 is 2.74 bits per heavy atom. The van der Waals surface area contributed by atoms with Gasteiger partial charge in [-0.25, -0.2) is 0 Å². The highest BCUT2D eigenvalue weighted by molar-refractivity contribution is 5.21. The minimum atomic E-state index is 0.312. The monoisotopic (exact) mass is 311 g/mol. The zero-order chi connectivity index (χ0) is 16.5. The minimum Gasteiger partial charge on any atom is -0.396 e. The van der Waals surface area contributed by atoms with Crippen LogP contribution < -0.4 is 0 Å². The molecule has 124 valence electrons. The molecule has 1 aromatic rings. The van der Waals surface area contributed by atoms with Crippen molar-refractivity contribution in [1.29, 1.82) is 0 Å². The van der Waals surface area contributed by atoms with Gasteiger partial charge in [-0.15, -0.1) is 0 Å². The molecule has 0 radical (unpaired) electrons. The van der Waals surface area contributed by atoms with Crippen molar-refractivity contribution in [2.24, 2.45) is 5.92 Å². The topological polar surface area (TPSA) is 23.5 Å². The van der Waals surface area contributed by atoms with Crippen LogP contribution in [0.3, 0.4) is 0 Å². The highest BCUT2D eigenvalue weighted by Crippen LogP contribution is 2.29. The summed E-state index contributed by atoms with van der Waals surface area (Å²) in [4.78, 5) is 2.52. The lowest BCUT2D eigenvalue weighted by Gasteiger charge is -2.37. The van der Waals surface area contributed by atoms with E-state index in [9.17, 15) is 5.11 Å². The highest BCUT2D eigenvalue weighted by Gasteiger charge is 2.26. The summed E-state index contributed by atoms with van der Waals surface area (Å²) < 4.78 is 0. The maximum Gasteiger partial charge on any atom is 0.0459 e. The first-order valence-corrected chi connectivity index (χ1v) is 8.58. The molecule has 1 aliphatic rings. The summed E-state index contributed by atoms with van der Waals surface area (Å²) in [5.41, 5.74) is 2.44. The number of hydrogen-bond acceptors (Lipinski definition) is 2. The Bertz CT molecular complexity index is 520. The van der Waals surface area contributed by atoms with Crippen LogP contribution in [0.2, 0.25) is 0 Å². The van der Waals surface area contributed by atoms with Crippen molar-refractivity contribution in [3.63, 3.8) is 0 Å². The van der Waals surface area contributed by atoms with E-state index in [2.05, 4.69) is 48.4 Å². The Kier molecular flexibility index (Phi) is 7.31. The van der Waals surface area contributed by atoms with Crippen molar-refractivity contribution in [2.45, 2.75) is 38.3 Å². The Labute approximate surface area is 140 Å². The van der Waals surface area contributed by atoms with Crippen LogP contribution in [0.1, 0.15) is 31.2 Å². The molecule has 2 heteroatoms. The van der Waals surface area contributed by atoms with Crippen molar-refractivity contribution in [1.82, 2.24) is 4.90 Å². The maximum atomic E-state index is 9.52. The average Bonchev–Trinajstić information content (AvgIpc) is 2.60. The molecule has 0 bridgehead atoms. The molecular formula is C21H29NO. The number of nitrogens with zero attached hydrogens (tertiary/aromatic N) is 1. The summed E-state index contributed by atoms with van der Waals surface area (Å²) in [6.45, 7) is 10.0. The van der Waals surface area contributed by atoms with Crippen LogP contribution in [0.5, 0.6) is 0 Å². The number of benzene rings is 1. The third-order valence-corrected chi connectivity index (χ3v) is 4.63. The van der Waals surface area contributed by atoms with Gasteiger partial charge in [0.25, 0.3) is 0 Å². The number of hydrogen-bond donors (Lipinski definition) is 1. The zero-order valence-electron chi connectivity index (χ0n) is 14.0. The summed E-state index contributed by atoms with van der Waals surface area (Å²) in [6, 6.07) is 11.1. The zero-order valence-corrected chi connectivity index (χ0v) is 14.0. The molecular weight excluding hydrogens is 282 g/mol. The van der Waals surface area contributed by atoms with Gasteiger partial charge in [0, 0.05) is 25.7 Å². The third-order valence-electron chi connectivity index (χ3n) is 4.63. The summed E-state index contributed by atoms with van der Waals surface area (Å²) in [7, 11) is 0. The molecule has 0 aromatic heterocycles. The van der Waals surface area contributed by atoms with E-state index in [1.54, 1.807) is 6.08 Å². The van der Waals surface area contributed by atoms with Gasteiger partial charge in [0.2, 0.25) is 0 Å². The fourth-order valence-corrected chi connectivity index (χ4v) is 3.41. The molecule has 2 rings (SSSR count). The fraction of sp³-hybridized carbons (Fsp3) is 0.429. The molecule has 0 amide bonds. The number of aliphatic hydroxyl groups excluding tert-OH is 1. The number of allylic oxidation sites excluding steroid dienone is 2. The van der Waals surface area contributed by atoms with Crippen molar-refractivity contribution in [3.8, 4) is 0 Å². The van der Waals surface area contributed by atoms with Gasteiger partial charge in [0.05, 0.1) is 0 Å². The van der Waals surface area contributed by atoms with Gasteiger partial charge in [-0.05, 0) is 36.3 Å². The van der Waals surface area contributed by atoms with Gasteiger partial charge in [-0.1, -0.05) is 68.1 Å². The van der Waals surface area contributed by atoms with Crippen LogP contribution in [0.25, 0.3) is 0 Å². The molecule has 0 aliphatic heterocycles. The van der Waals surface area contributed by atoms with Crippen LogP contribution in [-0.2, 0) is 6.54 Å². The molecule has 2 nitrogen and oxygen atoms in total. The van der Waals surface area contributed by atoms with E-state index in [0.717, 1.165) is 31.5 Å². The SMILES string of the molecule is C=C/C=C\C(=C)CN(Cc1ccccc1)C1CCCC(CO)C1. The second-order valence-electron chi connectivity index (χ2n) is 6.51. The minimum absolute atomic E-state index is 0.312. The lowest BCUT2D eigenvalue weighted by Crippen LogP contribution is -2.40. The van der Waals surface area contributed by atoms with Crippen molar-refractivity contribution in [2.75, 3.05) is 13.2 Å². The van der Waals surface area contributed by atoms with E-state index >= 15 is 0 Å². The Hall–Kier alpha value is -1.64. The quantitative estimate of drug-likeness (QED) is 0.722. The van der Waals surface area contributed by atoms with Crippen molar-refractivity contribution in [3.05, 3.63) is 72.9 Å². The maximum absolute atomic E-state index is 9.52. The number of rotatable bonds is 8. The van der Waals surface area contributed by atoms with Gasteiger partial charge in [0.15, 0.2) is 0 Å².